The number of fused-ring (bicyclic) bond motifs is 4. The summed E-state index contributed by atoms with van der Waals surface area (Å²) in [4.78, 5) is 17.4. The lowest BCUT2D eigenvalue weighted by molar-refractivity contribution is 0.107. The summed E-state index contributed by atoms with van der Waals surface area (Å²) in [6, 6.07) is 6.67. The Morgan fingerprint density at radius 1 is 1.10 bits per heavy atom. The maximum Gasteiger partial charge on any atom is 0.319 e. The molecule has 4 aliphatic rings. The average molecular weight is 659 g/mol. The van der Waals surface area contributed by atoms with Crippen LogP contribution in [0.3, 0.4) is 0 Å². The van der Waals surface area contributed by atoms with Gasteiger partial charge in [-0.3, -0.25) is 4.90 Å². The van der Waals surface area contributed by atoms with Gasteiger partial charge in [-0.25, -0.2) is 22.5 Å². The molecule has 3 fully saturated rings. The summed E-state index contributed by atoms with van der Waals surface area (Å²) in [5.74, 6) is -0.0851. The molecular formula is C35H30F4N6O3. The summed E-state index contributed by atoms with van der Waals surface area (Å²) in [7, 11) is 0. The predicted molar refractivity (Wildman–Crippen MR) is 168 cm³/mol. The second-order valence-corrected chi connectivity index (χ2v) is 13.2. The zero-order valence-corrected chi connectivity index (χ0v) is 25.7. The number of alkyl halides is 2. The van der Waals surface area contributed by atoms with E-state index in [0.717, 1.165) is 25.5 Å². The molecule has 0 bridgehead atoms. The Kier molecular flexibility index (Phi) is 7.22. The van der Waals surface area contributed by atoms with E-state index < -0.39 is 41.5 Å². The molecule has 0 amide bonds. The Labute approximate surface area is 273 Å². The zero-order chi connectivity index (χ0) is 33.3. The van der Waals surface area contributed by atoms with Gasteiger partial charge in [-0.2, -0.15) is 15.2 Å². The quantitative estimate of drug-likeness (QED) is 0.221. The Bertz CT molecular complexity index is 2070. The van der Waals surface area contributed by atoms with Crippen LogP contribution >= 0.6 is 0 Å². The monoisotopic (exact) mass is 658 g/mol. The van der Waals surface area contributed by atoms with Gasteiger partial charge in [0.15, 0.2) is 5.82 Å². The second kappa shape index (κ2) is 11.4. The minimum absolute atomic E-state index is 0.00639. The summed E-state index contributed by atoms with van der Waals surface area (Å²) >= 11 is 0. The van der Waals surface area contributed by atoms with E-state index in [-0.39, 0.29) is 89.2 Å². The standard InChI is InChI=1S/C35H30F4N6O3/c1-2-24-26(38)5-4-19-10-23(46)11-25(27(19)24)30-29(39)31-28-32(43-34(42-31)48-17-35-6-3-7-44(35)14-21(37)12-35)45-15-20(36)8-18(13-40)9-22(45)16-47-33(28)41-30/h1,4-5,10-11,18,20-22,46H,3,6-9,12,14-17H2/t18-,20?,21-,22+,35+/m1/s1. The summed E-state index contributed by atoms with van der Waals surface area (Å²) in [6.45, 7) is 0.955. The first-order valence-corrected chi connectivity index (χ1v) is 16.0. The molecule has 48 heavy (non-hydrogen) atoms. The number of phenolic OH excluding ortho intramolecular Hbond substituents is 1. The third-order valence-corrected chi connectivity index (χ3v) is 10.2. The molecule has 2 aromatic heterocycles. The number of hydrogen-bond acceptors (Lipinski definition) is 9. The maximum atomic E-state index is 17.0. The van der Waals surface area contributed by atoms with E-state index in [9.17, 15) is 19.1 Å². The molecule has 4 aliphatic heterocycles. The third-order valence-electron chi connectivity index (χ3n) is 10.2. The number of halogens is 4. The topological polar surface area (TPSA) is 108 Å². The number of nitriles is 1. The van der Waals surface area contributed by atoms with Crippen LogP contribution in [-0.2, 0) is 0 Å². The number of ether oxygens (including phenoxy) is 2. The van der Waals surface area contributed by atoms with Gasteiger partial charge < -0.3 is 19.5 Å². The van der Waals surface area contributed by atoms with Crippen molar-refractivity contribution in [2.75, 3.05) is 37.7 Å². The van der Waals surface area contributed by atoms with Crippen LogP contribution in [0, 0.1) is 41.2 Å². The molecule has 6 heterocycles. The molecule has 13 heteroatoms. The predicted octanol–water partition coefficient (Wildman–Crippen LogP) is 5.60. The molecular weight excluding hydrogens is 628 g/mol. The average Bonchev–Trinajstić information content (AvgIpc) is 3.48. The van der Waals surface area contributed by atoms with Gasteiger partial charge in [0.1, 0.15) is 59.5 Å². The fourth-order valence-corrected chi connectivity index (χ4v) is 8.05. The van der Waals surface area contributed by atoms with Gasteiger partial charge in [-0.1, -0.05) is 12.0 Å². The van der Waals surface area contributed by atoms with Crippen molar-refractivity contribution in [3.05, 3.63) is 41.5 Å². The zero-order valence-electron chi connectivity index (χ0n) is 25.7. The molecule has 246 valence electrons. The van der Waals surface area contributed by atoms with Crippen molar-refractivity contribution in [1.29, 1.82) is 5.26 Å². The number of rotatable bonds is 4. The molecule has 5 atom stereocenters. The lowest BCUT2D eigenvalue weighted by Gasteiger charge is -2.31. The molecule has 0 spiro atoms. The summed E-state index contributed by atoms with van der Waals surface area (Å²) < 4.78 is 74.1. The maximum absolute atomic E-state index is 17.0. The van der Waals surface area contributed by atoms with Gasteiger partial charge in [-0.05, 0) is 55.8 Å². The first-order valence-electron chi connectivity index (χ1n) is 16.0. The molecule has 0 saturated carbocycles. The Morgan fingerprint density at radius 2 is 1.96 bits per heavy atom. The van der Waals surface area contributed by atoms with Gasteiger partial charge in [0.25, 0.3) is 0 Å². The lowest BCUT2D eigenvalue weighted by Crippen LogP contribution is -2.43. The van der Waals surface area contributed by atoms with Crippen LogP contribution in [-0.4, -0.2) is 81.7 Å². The number of benzene rings is 2. The minimum Gasteiger partial charge on any atom is -0.508 e. The van der Waals surface area contributed by atoms with E-state index in [1.165, 1.54) is 18.2 Å². The number of aromatic nitrogens is 3. The SMILES string of the molecule is C#Cc1c(F)ccc2cc(O)cc(-c3nc4c5c(nc(OC[C@@]67CCCN6C[C@H](F)C7)nc5c3F)N3CC(F)C[C@@H](C#N)C[C@H]3CO4)c12. The van der Waals surface area contributed by atoms with E-state index in [2.05, 4.69) is 31.8 Å². The highest BCUT2D eigenvalue weighted by Gasteiger charge is 2.49. The Balaban J connectivity index is 1.34. The fraction of sp³-hybridized carbons (Fsp3) is 0.429. The van der Waals surface area contributed by atoms with Gasteiger partial charge in [0, 0.05) is 23.9 Å². The molecule has 2 aromatic carbocycles. The molecule has 0 aliphatic carbocycles. The van der Waals surface area contributed by atoms with Crippen molar-refractivity contribution < 1.29 is 32.1 Å². The number of nitrogens with zero attached hydrogens (tertiary/aromatic N) is 6. The van der Waals surface area contributed by atoms with Crippen LogP contribution in [0.1, 0.15) is 37.7 Å². The largest absolute Gasteiger partial charge is 0.508 e. The third kappa shape index (κ3) is 4.83. The van der Waals surface area contributed by atoms with Crippen LogP contribution in [0.5, 0.6) is 17.6 Å². The van der Waals surface area contributed by atoms with Crippen molar-refractivity contribution in [3.63, 3.8) is 0 Å². The first-order chi connectivity index (χ1) is 23.2. The molecule has 1 unspecified atom stereocenters. The molecule has 1 N–H and O–H groups in total. The normalized spacial score (nSPS) is 26.7. The van der Waals surface area contributed by atoms with Crippen molar-refractivity contribution >= 4 is 27.5 Å². The number of phenols is 1. The highest BCUT2D eigenvalue weighted by Crippen LogP contribution is 2.45. The van der Waals surface area contributed by atoms with Crippen molar-refractivity contribution in [1.82, 2.24) is 19.9 Å². The van der Waals surface area contributed by atoms with Crippen LogP contribution in [0.25, 0.3) is 32.9 Å². The van der Waals surface area contributed by atoms with E-state index >= 15 is 8.78 Å². The lowest BCUT2D eigenvalue weighted by atomic mass is 9.95. The van der Waals surface area contributed by atoms with Crippen LogP contribution in [0.2, 0.25) is 0 Å². The van der Waals surface area contributed by atoms with Crippen molar-refractivity contribution in [2.45, 2.75) is 56.0 Å². The number of aromatic hydroxyl groups is 1. The van der Waals surface area contributed by atoms with Gasteiger partial charge in [0.2, 0.25) is 5.88 Å². The molecule has 0 radical (unpaired) electrons. The summed E-state index contributed by atoms with van der Waals surface area (Å²) in [5, 5.41) is 20.9. The highest BCUT2D eigenvalue weighted by molar-refractivity contribution is 6.04. The van der Waals surface area contributed by atoms with Gasteiger partial charge in [0.05, 0.1) is 35.7 Å². The van der Waals surface area contributed by atoms with Gasteiger partial charge in [-0.15, -0.1) is 6.42 Å². The molecule has 3 saturated heterocycles. The number of anilines is 1. The van der Waals surface area contributed by atoms with Crippen molar-refractivity contribution in [2.24, 2.45) is 5.92 Å². The fourth-order valence-electron chi connectivity index (χ4n) is 8.05. The number of pyridine rings is 1. The summed E-state index contributed by atoms with van der Waals surface area (Å²) in [6.07, 6.45) is 5.50. The smallest absolute Gasteiger partial charge is 0.319 e. The van der Waals surface area contributed by atoms with E-state index in [1.54, 1.807) is 4.90 Å². The Morgan fingerprint density at radius 3 is 2.77 bits per heavy atom. The molecule has 4 aromatic rings. The van der Waals surface area contributed by atoms with Crippen molar-refractivity contribution in [3.8, 4) is 47.3 Å². The minimum atomic E-state index is -1.38. The van der Waals surface area contributed by atoms with Crippen LogP contribution in [0.4, 0.5) is 23.4 Å². The summed E-state index contributed by atoms with van der Waals surface area (Å²) in [5.41, 5.74) is -1.25. The van der Waals surface area contributed by atoms with Crippen LogP contribution in [0.15, 0.2) is 24.3 Å². The van der Waals surface area contributed by atoms with E-state index in [1.807, 2.05) is 0 Å². The molecule has 9 nitrogen and oxygen atoms in total. The van der Waals surface area contributed by atoms with E-state index in [4.69, 9.17) is 15.9 Å². The molecule has 8 rings (SSSR count). The van der Waals surface area contributed by atoms with Crippen LogP contribution < -0.4 is 14.4 Å². The van der Waals surface area contributed by atoms with E-state index in [0.29, 0.717) is 18.4 Å². The second-order valence-electron chi connectivity index (χ2n) is 13.2. The van der Waals surface area contributed by atoms with Gasteiger partial charge >= 0.3 is 6.01 Å². The number of terminal acetylenes is 1. The first kappa shape index (κ1) is 30.5. The highest BCUT2D eigenvalue weighted by atomic mass is 19.1. The Hall–Kier alpha value is -4.88. The number of hydrogen-bond donors (Lipinski definition) is 1.